The van der Waals surface area contributed by atoms with Gasteiger partial charge in [-0.15, -0.1) is 0 Å². The van der Waals surface area contributed by atoms with E-state index in [1.165, 1.54) is 0 Å². The van der Waals surface area contributed by atoms with Gasteiger partial charge in [-0.2, -0.15) is 0 Å². The van der Waals surface area contributed by atoms with E-state index >= 15 is 0 Å². The van der Waals surface area contributed by atoms with E-state index in [1.54, 1.807) is 4.90 Å². The normalized spacial score (nSPS) is 25.9. The quantitative estimate of drug-likeness (QED) is 0.743. The smallest absolute Gasteiger partial charge is 0.317 e. The molecule has 112 valence electrons. The summed E-state index contributed by atoms with van der Waals surface area (Å²) in [6.45, 7) is 3.00. The summed E-state index contributed by atoms with van der Waals surface area (Å²) >= 11 is 0. The molecule has 0 aromatic carbocycles. The van der Waals surface area contributed by atoms with Crippen LogP contribution in [0.3, 0.4) is 0 Å². The predicted molar refractivity (Wildman–Crippen MR) is 73.4 cm³/mol. The van der Waals surface area contributed by atoms with E-state index in [-0.39, 0.29) is 24.7 Å². The molecule has 0 saturated carbocycles. The second-order valence-electron chi connectivity index (χ2n) is 5.33. The Balaban J connectivity index is 2.01. The molecule has 1 heterocycles. The van der Waals surface area contributed by atoms with Gasteiger partial charge in [-0.25, -0.2) is 4.79 Å². The van der Waals surface area contributed by atoms with Crippen molar-refractivity contribution in [2.45, 2.75) is 38.3 Å². The van der Waals surface area contributed by atoms with Crippen LogP contribution >= 0.6 is 0 Å². The van der Waals surface area contributed by atoms with Crippen molar-refractivity contribution >= 4 is 12.0 Å². The summed E-state index contributed by atoms with van der Waals surface area (Å²) in [4.78, 5) is 25.3. The average Bonchev–Trinajstić information content (AvgIpc) is 3.06. The molecule has 2 amide bonds. The zero-order valence-corrected chi connectivity index (χ0v) is 11.7. The average molecular weight is 282 g/mol. The number of hydrogen-bond acceptors (Lipinski definition) is 3. The molecule has 20 heavy (non-hydrogen) atoms. The first-order valence-electron chi connectivity index (χ1n) is 7.16. The first-order valence-corrected chi connectivity index (χ1v) is 7.16. The number of nitrogens with zero attached hydrogens (tertiary/aromatic N) is 1. The minimum absolute atomic E-state index is 0.132. The molecule has 2 N–H and O–H groups in total. The summed E-state index contributed by atoms with van der Waals surface area (Å²) in [6.07, 6.45) is 6.57. The molecule has 0 radical (unpaired) electrons. The predicted octanol–water partition coefficient (Wildman–Crippen LogP) is 1.23. The van der Waals surface area contributed by atoms with E-state index in [9.17, 15) is 14.7 Å². The van der Waals surface area contributed by atoms with Crippen LogP contribution in [0.25, 0.3) is 0 Å². The van der Waals surface area contributed by atoms with Crippen LogP contribution in [-0.4, -0.2) is 53.8 Å². The Morgan fingerprint density at radius 1 is 1.35 bits per heavy atom. The highest BCUT2D eigenvalue weighted by molar-refractivity contribution is 5.77. The lowest BCUT2D eigenvalue weighted by Crippen LogP contribution is -2.52. The van der Waals surface area contributed by atoms with E-state index in [0.717, 1.165) is 19.3 Å². The van der Waals surface area contributed by atoms with E-state index in [4.69, 9.17) is 4.74 Å². The van der Waals surface area contributed by atoms with Crippen LogP contribution in [0, 0.1) is 5.92 Å². The Morgan fingerprint density at radius 2 is 2.05 bits per heavy atom. The molecule has 6 heteroatoms. The number of hydrogen-bond donors (Lipinski definition) is 2. The van der Waals surface area contributed by atoms with Crippen LogP contribution in [0.15, 0.2) is 12.2 Å². The lowest BCUT2D eigenvalue weighted by atomic mass is 10.0. The zero-order chi connectivity index (χ0) is 14.5. The maximum Gasteiger partial charge on any atom is 0.317 e. The number of carboxylic acids is 1. The second kappa shape index (κ2) is 6.74. The van der Waals surface area contributed by atoms with Crippen LogP contribution in [0.4, 0.5) is 4.79 Å². The molecule has 2 unspecified atom stereocenters. The van der Waals surface area contributed by atoms with Crippen LogP contribution < -0.4 is 5.32 Å². The molecule has 6 nitrogen and oxygen atoms in total. The number of carboxylic acid groups (broad SMARTS) is 1. The summed E-state index contributed by atoms with van der Waals surface area (Å²) in [5.41, 5.74) is 0. The zero-order valence-electron chi connectivity index (χ0n) is 11.7. The van der Waals surface area contributed by atoms with Gasteiger partial charge in [0.25, 0.3) is 0 Å². The highest BCUT2D eigenvalue weighted by Gasteiger charge is 2.40. The van der Waals surface area contributed by atoms with E-state index in [2.05, 4.69) is 5.32 Å². The summed E-state index contributed by atoms with van der Waals surface area (Å²) in [7, 11) is 0. The van der Waals surface area contributed by atoms with Gasteiger partial charge in [-0.3, -0.25) is 4.79 Å². The number of amides is 2. The van der Waals surface area contributed by atoms with Gasteiger partial charge in [0.05, 0.1) is 19.3 Å². The molecule has 1 saturated heterocycles. The molecule has 1 aliphatic heterocycles. The highest BCUT2D eigenvalue weighted by atomic mass is 16.5. The topological polar surface area (TPSA) is 78.9 Å². The van der Waals surface area contributed by atoms with Crippen molar-refractivity contribution in [1.82, 2.24) is 10.2 Å². The Labute approximate surface area is 118 Å². The van der Waals surface area contributed by atoms with Crippen molar-refractivity contribution < 1.29 is 19.4 Å². The van der Waals surface area contributed by atoms with Crippen LogP contribution in [0.1, 0.15) is 26.2 Å². The SMILES string of the molecule is CCCN(C(=O)NC1CC=CC1)C1COCC1C(=O)O. The molecule has 0 bridgehead atoms. The van der Waals surface area contributed by atoms with Gasteiger partial charge in [-0.1, -0.05) is 19.1 Å². The number of carbonyl (C=O) groups excluding carboxylic acids is 1. The van der Waals surface area contributed by atoms with Gasteiger partial charge in [0.1, 0.15) is 5.92 Å². The lowest BCUT2D eigenvalue weighted by Gasteiger charge is -2.31. The van der Waals surface area contributed by atoms with Crippen LogP contribution in [-0.2, 0) is 9.53 Å². The first-order chi connectivity index (χ1) is 9.63. The van der Waals surface area contributed by atoms with Crippen molar-refractivity contribution in [2.75, 3.05) is 19.8 Å². The van der Waals surface area contributed by atoms with Crippen molar-refractivity contribution in [3.8, 4) is 0 Å². The molecule has 0 spiro atoms. The van der Waals surface area contributed by atoms with Crippen molar-refractivity contribution in [3.63, 3.8) is 0 Å². The van der Waals surface area contributed by atoms with Crippen molar-refractivity contribution in [2.24, 2.45) is 5.92 Å². The van der Waals surface area contributed by atoms with Crippen LogP contribution in [0.5, 0.6) is 0 Å². The molecular formula is C14H22N2O4. The fourth-order valence-electron chi connectivity index (χ4n) is 2.74. The molecule has 2 atom stereocenters. The van der Waals surface area contributed by atoms with Gasteiger partial charge < -0.3 is 20.1 Å². The third-order valence-electron chi connectivity index (χ3n) is 3.83. The largest absolute Gasteiger partial charge is 0.481 e. The minimum atomic E-state index is -0.899. The summed E-state index contributed by atoms with van der Waals surface area (Å²) in [5.74, 6) is -1.53. The van der Waals surface area contributed by atoms with Gasteiger partial charge in [0.2, 0.25) is 0 Å². The lowest BCUT2D eigenvalue weighted by molar-refractivity contribution is -0.142. The van der Waals surface area contributed by atoms with Gasteiger partial charge in [0.15, 0.2) is 0 Å². The van der Waals surface area contributed by atoms with Crippen molar-refractivity contribution in [3.05, 3.63) is 12.2 Å². The molecule has 0 aromatic heterocycles. The van der Waals surface area contributed by atoms with Gasteiger partial charge >= 0.3 is 12.0 Å². The number of nitrogens with one attached hydrogen (secondary N) is 1. The van der Waals surface area contributed by atoms with Crippen LogP contribution in [0.2, 0.25) is 0 Å². The third-order valence-corrected chi connectivity index (χ3v) is 3.83. The van der Waals surface area contributed by atoms with E-state index < -0.39 is 11.9 Å². The van der Waals surface area contributed by atoms with Gasteiger partial charge in [-0.05, 0) is 19.3 Å². The molecule has 0 aromatic rings. The van der Waals surface area contributed by atoms with E-state index in [1.807, 2.05) is 19.1 Å². The van der Waals surface area contributed by atoms with Crippen molar-refractivity contribution in [1.29, 1.82) is 0 Å². The number of aliphatic carboxylic acids is 1. The maximum atomic E-state index is 12.4. The molecule has 2 aliphatic rings. The fraction of sp³-hybridized carbons (Fsp3) is 0.714. The minimum Gasteiger partial charge on any atom is -0.481 e. The number of carbonyl (C=O) groups is 2. The Hall–Kier alpha value is -1.56. The Kier molecular flexibility index (Phi) is 5.00. The molecule has 1 aliphatic carbocycles. The fourth-order valence-corrected chi connectivity index (χ4v) is 2.74. The Morgan fingerprint density at radius 3 is 2.65 bits per heavy atom. The first kappa shape index (κ1) is 14.8. The monoisotopic (exact) mass is 282 g/mol. The number of rotatable bonds is 5. The number of urea groups is 1. The van der Waals surface area contributed by atoms with E-state index in [0.29, 0.717) is 13.2 Å². The summed E-state index contributed by atoms with van der Waals surface area (Å²) in [5, 5.41) is 12.2. The second-order valence-corrected chi connectivity index (χ2v) is 5.33. The molecule has 2 rings (SSSR count). The number of ether oxygens (including phenoxy) is 1. The highest BCUT2D eigenvalue weighted by Crippen LogP contribution is 2.21. The maximum absolute atomic E-state index is 12.4. The van der Waals surface area contributed by atoms with Gasteiger partial charge in [0, 0.05) is 12.6 Å². The summed E-state index contributed by atoms with van der Waals surface area (Å²) in [6, 6.07) is -0.420. The standard InChI is InChI=1S/C14H22N2O4/c1-2-7-16(12-9-20-8-11(12)13(17)18)14(19)15-10-5-3-4-6-10/h3-4,10-12H,2,5-9H2,1H3,(H,15,19)(H,17,18). The molecule has 1 fully saturated rings. The summed E-state index contributed by atoms with van der Waals surface area (Å²) < 4.78 is 5.26. The Bertz CT molecular complexity index is 389. The molecular weight excluding hydrogens is 260 g/mol. The third kappa shape index (κ3) is 3.30.